The number of nitrogens with zero attached hydrogens (tertiary/aromatic N) is 2. The molecule has 1 aliphatic rings. The van der Waals surface area contributed by atoms with E-state index in [4.69, 9.17) is 9.15 Å². The molecule has 5 heteroatoms. The first kappa shape index (κ1) is 19.3. The Kier molecular flexibility index (Phi) is 5.96. The minimum atomic E-state index is 0.0419. The highest BCUT2D eigenvalue weighted by Gasteiger charge is 2.30. The Morgan fingerprint density at radius 2 is 1.76 bits per heavy atom. The number of hydrogen-bond donors (Lipinski definition) is 0. The van der Waals surface area contributed by atoms with Gasteiger partial charge in [-0.25, -0.2) is 0 Å². The summed E-state index contributed by atoms with van der Waals surface area (Å²) < 4.78 is 10.8. The molecule has 0 radical (unpaired) electrons. The maximum atomic E-state index is 13.4. The second kappa shape index (κ2) is 8.97. The summed E-state index contributed by atoms with van der Waals surface area (Å²) in [5.41, 5.74) is 1.62. The number of carbonyl (C=O) groups excluding carboxylic acids is 1. The molecule has 0 saturated carbocycles. The minimum Gasteiger partial charge on any atom is -0.497 e. The van der Waals surface area contributed by atoms with Gasteiger partial charge in [0.15, 0.2) is 0 Å². The Morgan fingerprint density at radius 1 is 1.03 bits per heavy atom. The maximum absolute atomic E-state index is 13.4. The van der Waals surface area contributed by atoms with Crippen molar-refractivity contribution in [2.45, 2.75) is 25.4 Å². The van der Waals surface area contributed by atoms with Crippen LogP contribution in [0.25, 0.3) is 0 Å². The molecule has 4 rings (SSSR count). The van der Waals surface area contributed by atoms with Gasteiger partial charge in [-0.1, -0.05) is 18.2 Å². The van der Waals surface area contributed by atoms with Gasteiger partial charge in [0, 0.05) is 30.4 Å². The molecule has 2 heterocycles. The van der Waals surface area contributed by atoms with E-state index in [2.05, 4.69) is 4.90 Å². The first-order valence-corrected chi connectivity index (χ1v) is 10.0. The molecule has 1 aliphatic heterocycles. The third-order valence-electron chi connectivity index (χ3n) is 5.47. The predicted octanol–water partition coefficient (Wildman–Crippen LogP) is 4.60. The van der Waals surface area contributed by atoms with Crippen molar-refractivity contribution in [2.24, 2.45) is 0 Å². The summed E-state index contributed by atoms with van der Waals surface area (Å²) in [5, 5.41) is 0. The molecule has 2 aromatic carbocycles. The lowest BCUT2D eigenvalue weighted by Crippen LogP contribution is -2.47. The number of benzene rings is 2. The number of carbonyl (C=O) groups is 1. The number of likely N-dealkylation sites (tertiary alicyclic amines) is 1. The highest BCUT2D eigenvalue weighted by molar-refractivity contribution is 6.06. The zero-order chi connectivity index (χ0) is 20.1. The van der Waals surface area contributed by atoms with Gasteiger partial charge in [0.25, 0.3) is 5.91 Å². The van der Waals surface area contributed by atoms with E-state index in [1.165, 1.54) is 0 Å². The fourth-order valence-corrected chi connectivity index (χ4v) is 3.92. The first-order valence-electron chi connectivity index (χ1n) is 10.0. The Bertz CT molecular complexity index is 899. The van der Waals surface area contributed by atoms with E-state index in [-0.39, 0.29) is 11.9 Å². The standard InChI is InChI=1S/C24H26N2O3/c1-28-22-11-9-20(10-12-22)26(24(27)19-6-3-2-4-7-19)21-13-15-25(16-14-21)18-23-8-5-17-29-23/h2-12,17,21H,13-16,18H2,1H3. The fourth-order valence-electron chi connectivity index (χ4n) is 3.92. The van der Waals surface area contributed by atoms with Crippen LogP contribution in [-0.4, -0.2) is 37.0 Å². The van der Waals surface area contributed by atoms with Gasteiger partial charge in [-0.3, -0.25) is 9.69 Å². The molecule has 1 saturated heterocycles. The SMILES string of the molecule is COc1ccc(N(C(=O)c2ccccc2)C2CCN(Cc3ccco3)CC2)cc1. The largest absolute Gasteiger partial charge is 0.497 e. The number of methoxy groups -OCH3 is 1. The summed E-state index contributed by atoms with van der Waals surface area (Å²) in [5.74, 6) is 1.81. The molecule has 5 nitrogen and oxygen atoms in total. The highest BCUT2D eigenvalue weighted by Crippen LogP contribution is 2.28. The monoisotopic (exact) mass is 390 g/mol. The molecule has 1 aromatic heterocycles. The van der Waals surface area contributed by atoms with E-state index in [0.29, 0.717) is 5.56 Å². The normalized spacial score (nSPS) is 15.2. The molecule has 0 unspecified atom stereocenters. The topological polar surface area (TPSA) is 45.9 Å². The number of furan rings is 1. The van der Waals surface area contributed by atoms with Crippen molar-refractivity contribution in [2.75, 3.05) is 25.1 Å². The molecule has 0 atom stereocenters. The third kappa shape index (κ3) is 4.51. The van der Waals surface area contributed by atoms with Crippen LogP contribution in [0.1, 0.15) is 29.0 Å². The van der Waals surface area contributed by atoms with Crippen LogP contribution in [-0.2, 0) is 6.54 Å². The van der Waals surface area contributed by atoms with E-state index >= 15 is 0 Å². The van der Waals surface area contributed by atoms with Gasteiger partial charge in [-0.05, 0) is 61.4 Å². The van der Waals surface area contributed by atoms with Crippen LogP contribution >= 0.6 is 0 Å². The molecular formula is C24H26N2O3. The second-order valence-electron chi connectivity index (χ2n) is 7.33. The van der Waals surface area contributed by atoms with Crippen molar-refractivity contribution in [1.82, 2.24) is 4.90 Å². The molecule has 3 aromatic rings. The number of rotatable bonds is 6. The summed E-state index contributed by atoms with van der Waals surface area (Å²) in [4.78, 5) is 17.7. The van der Waals surface area contributed by atoms with Gasteiger partial charge in [0.1, 0.15) is 11.5 Å². The number of hydrogen-bond acceptors (Lipinski definition) is 4. The van der Waals surface area contributed by atoms with E-state index < -0.39 is 0 Å². The molecule has 29 heavy (non-hydrogen) atoms. The van der Waals surface area contributed by atoms with Crippen LogP contribution in [0.15, 0.2) is 77.4 Å². The van der Waals surface area contributed by atoms with Gasteiger partial charge in [-0.15, -0.1) is 0 Å². The zero-order valence-corrected chi connectivity index (χ0v) is 16.7. The lowest BCUT2D eigenvalue weighted by molar-refractivity contribution is 0.0957. The van der Waals surface area contributed by atoms with Gasteiger partial charge in [0.2, 0.25) is 0 Å². The smallest absolute Gasteiger partial charge is 0.258 e. The van der Waals surface area contributed by atoms with Gasteiger partial charge in [0.05, 0.1) is 19.9 Å². The van der Waals surface area contributed by atoms with Crippen molar-refractivity contribution >= 4 is 11.6 Å². The lowest BCUT2D eigenvalue weighted by atomic mass is 10.0. The fraction of sp³-hybridized carbons (Fsp3) is 0.292. The average molecular weight is 390 g/mol. The van der Waals surface area contributed by atoms with E-state index in [1.54, 1.807) is 13.4 Å². The Morgan fingerprint density at radius 3 is 2.38 bits per heavy atom. The number of ether oxygens (including phenoxy) is 1. The molecule has 0 bridgehead atoms. The second-order valence-corrected chi connectivity index (χ2v) is 7.33. The van der Waals surface area contributed by atoms with Crippen molar-refractivity contribution < 1.29 is 13.9 Å². The van der Waals surface area contributed by atoms with Crippen molar-refractivity contribution in [3.05, 3.63) is 84.3 Å². The summed E-state index contributed by atoms with van der Waals surface area (Å²) in [6.45, 7) is 2.68. The van der Waals surface area contributed by atoms with Gasteiger partial charge >= 0.3 is 0 Å². The molecule has 0 N–H and O–H groups in total. The summed E-state index contributed by atoms with van der Waals surface area (Å²) in [6, 6.07) is 21.3. The van der Waals surface area contributed by atoms with Crippen LogP contribution in [0.2, 0.25) is 0 Å². The maximum Gasteiger partial charge on any atom is 0.258 e. The Balaban J connectivity index is 1.53. The number of amides is 1. The van der Waals surface area contributed by atoms with E-state index in [0.717, 1.165) is 49.7 Å². The quantitative estimate of drug-likeness (QED) is 0.617. The van der Waals surface area contributed by atoms with Gasteiger partial charge < -0.3 is 14.1 Å². The molecular weight excluding hydrogens is 364 g/mol. The molecule has 150 valence electrons. The van der Waals surface area contributed by atoms with Crippen LogP contribution < -0.4 is 9.64 Å². The Hall–Kier alpha value is -3.05. The predicted molar refractivity (Wildman–Crippen MR) is 113 cm³/mol. The first-order chi connectivity index (χ1) is 14.2. The van der Waals surface area contributed by atoms with Crippen LogP contribution in [0.4, 0.5) is 5.69 Å². The lowest BCUT2D eigenvalue weighted by Gasteiger charge is -2.38. The summed E-state index contributed by atoms with van der Waals surface area (Å²) in [6.07, 6.45) is 3.56. The van der Waals surface area contributed by atoms with Crippen LogP contribution in [0.5, 0.6) is 5.75 Å². The third-order valence-corrected chi connectivity index (χ3v) is 5.47. The summed E-state index contributed by atoms with van der Waals surface area (Å²) in [7, 11) is 1.65. The molecule has 0 spiro atoms. The van der Waals surface area contributed by atoms with E-state index in [9.17, 15) is 4.79 Å². The number of anilines is 1. The zero-order valence-electron chi connectivity index (χ0n) is 16.7. The average Bonchev–Trinajstić information content (AvgIpc) is 3.29. The minimum absolute atomic E-state index is 0.0419. The van der Waals surface area contributed by atoms with Crippen molar-refractivity contribution in [3.63, 3.8) is 0 Å². The molecule has 1 fully saturated rings. The van der Waals surface area contributed by atoms with Crippen molar-refractivity contribution in [1.29, 1.82) is 0 Å². The summed E-state index contributed by atoms with van der Waals surface area (Å²) >= 11 is 0. The van der Waals surface area contributed by atoms with Gasteiger partial charge in [-0.2, -0.15) is 0 Å². The Labute approximate surface area is 171 Å². The van der Waals surface area contributed by atoms with E-state index in [1.807, 2.05) is 71.6 Å². The van der Waals surface area contributed by atoms with Crippen LogP contribution in [0, 0.1) is 0 Å². The highest BCUT2D eigenvalue weighted by atomic mass is 16.5. The molecule has 1 amide bonds. The molecule has 0 aliphatic carbocycles. The van der Waals surface area contributed by atoms with Crippen molar-refractivity contribution in [3.8, 4) is 5.75 Å². The number of piperidine rings is 1. The van der Waals surface area contributed by atoms with Crippen LogP contribution in [0.3, 0.4) is 0 Å².